The molecule has 0 saturated carbocycles. The zero-order valence-electron chi connectivity index (χ0n) is 8.52. The van der Waals surface area contributed by atoms with E-state index in [4.69, 9.17) is 10.5 Å². The summed E-state index contributed by atoms with van der Waals surface area (Å²) in [5.74, 6) is 0. The van der Waals surface area contributed by atoms with Crippen molar-refractivity contribution in [3.63, 3.8) is 0 Å². The van der Waals surface area contributed by atoms with Gasteiger partial charge in [0.25, 0.3) is 0 Å². The largest absolute Gasteiger partial charge is 0.439 e. The highest BCUT2D eigenvalue weighted by Gasteiger charge is 2.32. The van der Waals surface area contributed by atoms with Crippen LogP contribution in [0.2, 0.25) is 0 Å². The molecule has 1 aromatic carbocycles. The molecule has 1 aliphatic carbocycles. The number of aryl methyl sites for hydroxylation is 1. The van der Waals surface area contributed by atoms with Crippen molar-refractivity contribution in [2.24, 2.45) is 5.73 Å². The average Bonchev–Trinajstić information content (AvgIpc) is 2.22. The number of ether oxygens (including phenoxy) is 1. The van der Waals surface area contributed by atoms with Crippen LogP contribution in [-0.4, -0.2) is 17.3 Å². The fourth-order valence-electron chi connectivity index (χ4n) is 2.03. The normalized spacial score (nSPS) is 23.6. The van der Waals surface area contributed by atoms with Crippen LogP contribution in [0.15, 0.2) is 18.2 Å². The van der Waals surface area contributed by atoms with Gasteiger partial charge in [-0.05, 0) is 47.1 Å². The van der Waals surface area contributed by atoms with E-state index in [2.05, 4.69) is 22.6 Å². The number of primary amides is 1. The lowest BCUT2D eigenvalue weighted by Crippen LogP contribution is -2.31. The Balaban J connectivity index is 2.42. The molecule has 0 spiro atoms. The van der Waals surface area contributed by atoms with Crippen LogP contribution in [0.1, 0.15) is 23.7 Å². The van der Waals surface area contributed by atoms with Crippen molar-refractivity contribution in [3.8, 4) is 0 Å². The van der Waals surface area contributed by atoms with E-state index in [0.29, 0.717) is 6.42 Å². The lowest BCUT2D eigenvalue weighted by Gasteiger charge is -2.30. The molecule has 0 aromatic heterocycles. The molecule has 86 valence electrons. The third-order valence-corrected chi connectivity index (χ3v) is 3.67. The van der Waals surface area contributed by atoms with Gasteiger partial charge in [-0.3, -0.25) is 0 Å². The molecule has 5 heteroatoms. The highest BCUT2D eigenvalue weighted by molar-refractivity contribution is 14.1. The van der Waals surface area contributed by atoms with Gasteiger partial charge in [0.1, 0.15) is 0 Å². The van der Waals surface area contributed by atoms with Crippen molar-refractivity contribution in [2.75, 3.05) is 0 Å². The molecule has 2 rings (SSSR count). The second kappa shape index (κ2) is 4.58. The smallest absolute Gasteiger partial charge is 0.405 e. The van der Waals surface area contributed by atoms with Crippen molar-refractivity contribution in [1.82, 2.24) is 0 Å². The fourth-order valence-corrected chi connectivity index (χ4v) is 2.89. The van der Waals surface area contributed by atoms with Crippen molar-refractivity contribution in [1.29, 1.82) is 0 Å². The van der Waals surface area contributed by atoms with Crippen LogP contribution in [0.4, 0.5) is 4.79 Å². The predicted molar refractivity (Wildman–Crippen MR) is 66.9 cm³/mol. The monoisotopic (exact) mass is 333 g/mol. The summed E-state index contributed by atoms with van der Waals surface area (Å²) in [5, 5.41) is 9.85. The third-order valence-electron chi connectivity index (χ3n) is 2.73. The lowest BCUT2D eigenvalue weighted by atomic mass is 9.87. The van der Waals surface area contributed by atoms with Gasteiger partial charge in [-0.2, -0.15) is 0 Å². The van der Waals surface area contributed by atoms with Crippen LogP contribution in [-0.2, 0) is 11.2 Å². The molecule has 2 atom stereocenters. The van der Waals surface area contributed by atoms with Gasteiger partial charge in [0.2, 0.25) is 0 Å². The first kappa shape index (κ1) is 11.7. The SMILES string of the molecule is NC(=O)O[C@@H]1c2c(I)cccc2CC[C@@H]1O. The van der Waals surface area contributed by atoms with Crippen LogP contribution in [0.25, 0.3) is 0 Å². The van der Waals surface area contributed by atoms with Gasteiger partial charge in [0, 0.05) is 9.13 Å². The summed E-state index contributed by atoms with van der Waals surface area (Å²) in [7, 11) is 0. The highest BCUT2D eigenvalue weighted by Crippen LogP contribution is 2.35. The first-order valence-electron chi connectivity index (χ1n) is 5.01. The molecule has 0 aliphatic heterocycles. The number of amides is 1. The Morgan fingerprint density at radius 2 is 2.31 bits per heavy atom. The minimum atomic E-state index is -0.850. The maximum Gasteiger partial charge on any atom is 0.405 e. The van der Waals surface area contributed by atoms with Crippen molar-refractivity contribution >= 4 is 28.7 Å². The topological polar surface area (TPSA) is 72.6 Å². The number of hydrogen-bond acceptors (Lipinski definition) is 3. The van der Waals surface area contributed by atoms with Crippen molar-refractivity contribution in [2.45, 2.75) is 25.0 Å². The van der Waals surface area contributed by atoms with E-state index in [0.717, 1.165) is 21.1 Å². The molecule has 0 bridgehead atoms. The molecular weight excluding hydrogens is 321 g/mol. The van der Waals surface area contributed by atoms with E-state index >= 15 is 0 Å². The Bertz CT molecular complexity index is 422. The van der Waals surface area contributed by atoms with Gasteiger partial charge in [-0.15, -0.1) is 0 Å². The Hall–Kier alpha value is -0.820. The van der Waals surface area contributed by atoms with E-state index in [9.17, 15) is 9.90 Å². The number of halogens is 1. The molecule has 0 saturated heterocycles. The van der Waals surface area contributed by atoms with E-state index in [-0.39, 0.29) is 0 Å². The molecule has 1 aromatic rings. The number of rotatable bonds is 1. The molecule has 1 aliphatic rings. The van der Waals surface area contributed by atoms with Crippen LogP contribution >= 0.6 is 22.6 Å². The summed E-state index contributed by atoms with van der Waals surface area (Å²) >= 11 is 2.17. The van der Waals surface area contributed by atoms with Gasteiger partial charge in [0.15, 0.2) is 6.10 Å². The zero-order chi connectivity index (χ0) is 11.7. The number of benzene rings is 1. The van der Waals surface area contributed by atoms with Crippen LogP contribution < -0.4 is 5.73 Å². The first-order valence-corrected chi connectivity index (χ1v) is 6.09. The molecule has 16 heavy (non-hydrogen) atoms. The van der Waals surface area contributed by atoms with Gasteiger partial charge >= 0.3 is 6.09 Å². The maximum atomic E-state index is 10.8. The number of hydrogen-bond donors (Lipinski definition) is 2. The van der Waals surface area contributed by atoms with Crippen LogP contribution in [0, 0.1) is 3.57 Å². The molecule has 0 radical (unpaired) electrons. The Kier molecular flexibility index (Phi) is 3.34. The highest BCUT2D eigenvalue weighted by atomic mass is 127. The van der Waals surface area contributed by atoms with Crippen LogP contribution in [0.5, 0.6) is 0 Å². The second-order valence-corrected chi connectivity index (χ2v) is 4.94. The molecule has 4 nitrogen and oxygen atoms in total. The molecule has 3 N–H and O–H groups in total. The summed E-state index contributed by atoms with van der Waals surface area (Å²) in [6.45, 7) is 0. The molecule has 0 unspecified atom stereocenters. The van der Waals surface area contributed by atoms with Gasteiger partial charge in [-0.25, -0.2) is 4.79 Å². The van der Waals surface area contributed by atoms with Gasteiger partial charge < -0.3 is 15.6 Å². The van der Waals surface area contributed by atoms with Crippen molar-refractivity contribution < 1.29 is 14.6 Å². The minimum absolute atomic E-state index is 0.588. The number of carbonyl (C=O) groups is 1. The third kappa shape index (κ3) is 2.15. The molecule has 1 amide bonds. The predicted octanol–water partition coefficient (Wildman–Crippen LogP) is 1.73. The summed E-state index contributed by atoms with van der Waals surface area (Å²) in [6, 6.07) is 5.87. The lowest BCUT2D eigenvalue weighted by molar-refractivity contribution is -0.00558. The Morgan fingerprint density at radius 3 is 3.00 bits per heavy atom. The standard InChI is InChI=1S/C11H12INO3/c12-7-3-1-2-6-4-5-8(14)10(9(6)7)16-11(13)15/h1-3,8,10,14H,4-5H2,(H2,13,15)/t8-,10-/m0/s1. The number of fused-ring (bicyclic) bond motifs is 1. The van der Waals surface area contributed by atoms with E-state index < -0.39 is 18.3 Å². The summed E-state index contributed by atoms with van der Waals surface area (Å²) < 4.78 is 5.98. The fraction of sp³-hybridized carbons (Fsp3) is 0.364. The van der Waals surface area contributed by atoms with Gasteiger partial charge in [-0.1, -0.05) is 12.1 Å². The molecule has 0 fully saturated rings. The van der Waals surface area contributed by atoms with Gasteiger partial charge in [0.05, 0.1) is 6.10 Å². The van der Waals surface area contributed by atoms with Crippen LogP contribution in [0.3, 0.4) is 0 Å². The van der Waals surface area contributed by atoms with E-state index in [1.807, 2.05) is 18.2 Å². The average molecular weight is 333 g/mol. The molecule has 0 heterocycles. The summed E-state index contributed by atoms with van der Waals surface area (Å²) in [5.41, 5.74) is 7.02. The van der Waals surface area contributed by atoms with E-state index in [1.54, 1.807) is 0 Å². The number of aliphatic hydroxyl groups excluding tert-OH is 1. The summed E-state index contributed by atoms with van der Waals surface area (Å²) in [4.78, 5) is 10.8. The maximum absolute atomic E-state index is 10.8. The summed E-state index contributed by atoms with van der Waals surface area (Å²) in [6.07, 6.45) is -0.765. The molecular formula is C11H12INO3. The Labute approximate surface area is 107 Å². The second-order valence-electron chi connectivity index (χ2n) is 3.78. The zero-order valence-corrected chi connectivity index (χ0v) is 10.7. The minimum Gasteiger partial charge on any atom is -0.439 e. The van der Waals surface area contributed by atoms with Crippen molar-refractivity contribution in [3.05, 3.63) is 32.9 Å². The first-order chi connectivity index (χ1) is 7.59. The number of aliphatic hydroxyl groups is 1. The van der Waals surface area contributed by atoms with E-state index in [1.165, 1.54) is 0 Å². The number of nitrogens with two attached hydrogens (primary N) is 1. The number of carbonyl (C=O) groups excluding carboxylic acids is 1. The Morgan fingerprint density at radius 1 is 1.56 bits per heavy atom. The quantitative estimate of drug-likeness (QED) is 0.769.